The van der Waals surface area contributed by atoms with Crippen molar-refractivity contribution < 1.29 is 28.2 Å². The van der Waals surface area contributed by atoms with E-state index in [9.17, 15) is 18.8 Å². The van der Waals surface area contributed by atoms with Crippen molar-refractivity contribution in [3.05, 3.63) is 35.4 Å². The van der Waals surface area contributed by atoms with Crippen molar-refractivity contribution in [1.29, 1.82) is 0 Å². The van der Waals surface area contributed by atoms with Crippen molar-refractivity contribution in [2.45, 2.75) is 84.1 Å². The van der Waals surface area contributed by atoms with Crippen molar-refractivity contribution in [2.75, 3.05) is 19.9 Å². The number of carbonyl (C=O) groups is 3. The minimum atomic E-state index is -1.86. The predicted molar refractivity (Wildman–Crippen MR) is 122 cm³/mol. The predicted octanol–water partition coefficient (Wildman–Crippen LogP) is 4.47. The third-order valence-electron chi connectivity index (χ3n) is 5.30. The molecule has 0 unspecified atom stereocenters. The van der Waals surface area contributed by atoms with Gasteiger partial charge in [0.25, 0.3) is 0 Å². The summed E-state index contributed by atoms with van der Waals surface area (Å²) in [6, 6.07) is 8.05. The average Bonchev–Trinajstić information content (AvgIpc) is 2.77. The first-order chi connectivity index (χ1) is 15.4. The van der Waals surface area contributed by atoms with Crippen molar-refractivity contribution in [2.24, 2.45) is 0 Å². The smallest absolute Gasteiger partial charge is 0.343 e. The number of hydrogen-bond acceptors (Lipinski definition) is 5. The summed E-state index contributed by atoms with van der Waals surface area (Å²) < 4.78 is 22.3. The van der Waals surface area contributed by atoms with E-state index >= 15 is 0 Å². The molecule has 1 amide bonds. The van der Waals surface area contributed by atoms with Gasteiger partial charge in [-0.15, -0.1) is 0 Å². The molecule has 0 fully saturated rings. The zero-order valence-electron chi connectivity index (χ0n) is 19.7. The molecule has 7 heteroatoms. The number of aryl methyl sites for hydroxylation is 2. The normalized spacial score (nSPS) is 11.1. The fourth-order valence-electron chi connectivity index (χ4n) is 3.60. The molecule has 1 rings (SSSR count). The number of benzene rings is 1. The summed E-state index contributed by atoms with van der Waals surface area (Å²) in [7, 11) is 0. The van der Waals surface area contributed by atoms with Crippen molar-refractivity contribution in [1.82, 2.24) is 5.32 Å². The Kier molecular flexibility index (Phi) is 13.3. The highest BCUT2D eigenvalue weighted by atomic mass is 19.1. The maximum Gasteiger partial charge on any atom is 0.343 e. The lowest BCUT2D eigenvalue weighted by molar-refractivity contribution is -0.168. The minimum absolute atomic E-state index is 0.0441. The minimum Gasteiger partial charge on any atom is -0.464 e. The van der Waals surface area contributed by atoms with E-state index in [4.69, 9.17) is 9.47 Å². The topological polar surface area (TPSA) is 81.7 Å². The van der Waals surface area contributed by atoms with Crippen LogP contribution in [0.2, 0.25) is 0 Å². The van der Waals surface area contributed by atoms with Crippen LogP contribution in [0.4, 0.5) is 4.39 Å². The van der Waals surface area contributed by atoms with E-state index in [1.807, 2.05) is 24.3 Å². The highest BCUT2D eigenvalue weighted by molar-refractivity contribution is 6.07. The number of unbranched alkanes of at least 4 members (excludes halogenated alkanes) is 5. The average molecular weight is 452 g/mol. The Hall–Kier alpha value is -2.44. The number of amides is 1. The lowest BCUT2D eigenvalue weighted by Gasteiger charge is -2.29. The molecule has 0 aliphatic rings. The Morgan fingerprint density at radius 2 is 1.28 bits per heavy atom. The van der Waals surface area contributed by atoms with Crippen LogP contribution in [0.15, 0.2) is 24.3 Å². The van der Waals surface area contributed by atoms with Crippen LogP contribution in [-0.4, -0.2) is 43.3 Å². The molecule has 1 N–H and O–H groups in total. The molecule has 1 aromatic rings. The lowest BCUT2D eigenvalue weighted by Crippen LogP contribution is -2.61. The standard InChI is InChI=1S/C25H38FNO5/c1-4-31-23(29)25(27-20(3)28,24(30)32-5-2)18-17-22-15-13-21(14-16-22)12-10-8-6-7-9-11-19-26/h13-16H,4-12,17-19H2,1-3H3,(H,27,28). The van der Waals surface area contributed by atoms with Gasteiger partial charge in [-0.05, 0) is 57.1 Å². The van der Waals surface area contributed by atoms with Crippen LogP contribution in [0.1, 0.15) is 76.8 Å². The second kappa shape index (κ2) is 15.4. The summed E-state index contributed by atoms with van der Waals surface area (Å²) in [6.07, 6.45) is 7.48. The highest BCUT2D eigenvalue weighted by Gasteiger charge is 2.49. The zero-order valence-corrected chi connectivity index (χ0v) is 19.7. The maximum atomic E-state index is 12.7. The second-order valence-corrected chi connectivity index (χ2v) is 7.90. The van der Waals surface area contributed by atoms with Gasteiger partial charge in [-0.1, -0.05) is 49.9 Å². The van der Waals surface area contributed by atoms with Gasteiger partial charge in [0.15, 0.2) is 0 Å². The largest absolute Gasteiger partial charge is 0.464 e. The Balaban J connectivity index is 2.73. The molecular weight excluding hydrogens is 413 g/mol. The Morgan fingerprint density at radius 1 is 0.812 bits per heavy atom. The Bertz CT molecular complexity index is 687. The van der Waals surface area contributed by atoms with Gasteiger partial charge in [-0.25, -0.2) is 9.59 Å². The number of rotatable bonds is 16. The number of esters is 2. The molecule has 6 nitrogen and oxygen atoms in total. The van der Waals surface area contributed by atoms with Crippen molar-refractivity contribution in [3.63, 3.8) is 0 Å². The van der Waals surface area contributed by atoms with Gasteiger partial charge >= 0.3 is 11.9 Å². The quantitative estimate of drug-likeness (QED) is 0.228. The third-order valence-corrected chi connectivity index (χ3v) is 5.30. The number of halogens is 1. The molecule has 0 heterocycles. The molecule has 0 atom stereocenters. The fraction of sp³-hybridized carbons (Fsp3) is 0.640. The van der Waals surface area contributed by atoms with Gasteiger partial charge in [-0.2, -0.15) is 0 Å². The third kappa shape index (κ3) is 9.37. The highest BCUT2D eigenvalue weighted by Crippen LogP contribution is 2.21. The second-order valence-electron chi connectivity index (χ2n) is 7.90. The van der Waals surface area contributed by atoms with Crippen LogP contribution < -0.4 is 5.32 Å². The van der Waals surface area contributed by atoms with Crippen LogP contribution in [0.25, 0.3) is 0 Å². The monoisotopic (exact) mass is 451 g/mol. The molecule has 0 aromatic heterocycles. The van der Waals surface area contributed by atoms with Crippen molar-refractivity contribution in [3.8, 4) is 0 Å². The summed E-state index contributed by atoms with van der Waals surface area (Å²) in [5, 5.41) is 2.49. The molecule has 0 saturated heterocycles. The molecular formula is C25H38FNO5. The Morgan fingerprint density at radius 3 is 1.75 bits per heavy atom. The summed E-state index contributed by atoms with van der Waals surface area (Å²) in [5.41, 5.74) is 0.309. The molecule has 0 radical (unpaired) electrons. The van der Waals surface area contributed by atoms with Crippen LogP contribution in [0.3, 0.4) is 0 Å². The van der Waals surface area contributed by atoms with Crippen molar-refractivity contribution >= 4 is 17.8 Å². The molecule has 0 spiro atoms. The molecule has 32 heavy (non-hydrogen) atoms. The first-order valence-electron chi connectivity index (χ1n) is 11.7. The summed E-state index contributed by atoms with van der Waals surface area (Å²) in [4.78, 5) is 37.1. The van der Waals surface area contributed by atoms with Gasteiger partial charge in [0.1, 0.15) is 0 Å². The van der Waals surface area contributed by atoms with E-state index in [0.29, 0.717) is 12.8 Å². The SMILES string of the molecule is CCOC(=O)C(CCc1ccc(CCCCCCCCF)cc1)(NC(C)=O)C(=O)OCC. The number of carbonyl (C=O) groups excluding carboxylic acids is 3. The number of nitrogens with one attached hydrogen (secondary N) is 1. The molecule has 1 aromatic carbocycles. The molecule has 0 aliphatic carbocycles. The number of ether oxygens (including phenoxy) is 2. The maximum absolute atomic E-state index is 12.7. The first-order valence-corrected chi connectivity index (χ1v) is 11.7. The summed E-state index contributed by atoms with van der Waals surface area (Å²) in [6.45, 7) is 4.49. The molecule has 0 bridgehead atoms. The van der Waals surface area contributed by atoms with Gasteiger partial charge in [0.2, 0.25) is 11.4 Å². The van der Waals surface area contributed by atoms with E-state index in [1.54, 1.807) is 13.8 Å². The lowest BCUT2D eigenvalue weighted by atomic mass is 9.90. The van der Waals surface area contributed by atoms with E-state index < -0.39 is 23.4 Å². The van der Waals surface area contributed by atoms with Crippen LogP contribution in [0.5, 0.6) is 0 Å². The molecule has 0 saturated carbocycles. The van der Waals surface area contributed by atoms with E-state index in [-0.39, 0.29) is 26.3 Å². The van der Waals surface area contributed by atoms with Gasteiger partial charge < -0.3 is 14.8 Å². The summed E-state index contributed by atoms with van der Waals surface area (Å²) in [5.74, 6) is -2.13. The van der Waals surface area contributed by atoms with E-state index in [1.165, 1.54) is 12.5 Å². The Labute approximate surface area is 191 Å². The number of alkyl halides is 1. The molecule has 0 aliphatic heterocycles. The first kappa shape index (κ1) is 27.6. The fourth-order valence-corrected chi connectivity index (χ4v) is 3.60. The molecule has 180 valence electrons. The van der Waals surface area contributed by atoms with Gasteiger partial charge in [-0.3, -0.25) is 9.18 Å². The van der Waals surface area contributed by atoms with Gasteiger partial charge in [0.05, 0.1) is 19.9 Å². The van der Waals surface area contributed by atoms with Crippen LogP contribution >= 0.6 is 0 Å². The van der Waals surface area contributed by atoms with Crippen LogP contribution in [0, 0.1) is 0 Å². The van der Waals surface area contributed by atoms with Gasteiger partial charge in [0, 0.05) is 6.92 Å². The van der Waals surface area contributed by atoms with E-state index in [0.717, 1.165) is 44.1 Å². The zero-order chi connectivity index (χ0) is 23.8. The van der Waals surface area contributed by atoms with Crippen LogP contribution in [-0.2, 0) is 36.7 Å². The summed E-state index contributed by atoms with van der Waals surface area (Å²) >= 11 is 0. The van der Waals surface area contributed by atoms with E-state index in [2.05, 4.69) is 5.32 Å². The number of hydrogen-bond donors (Lipinski definition) is 1.